The van der Waals surface area contributed by atoms with Crippen molar-refractivity contribution in [2.45, 2.75) is 26.2 Å². The van der Waals surface area contributed by atoms with E-state index >= 15 is 0 Å². The van der Waals surface area contributed by atoms with Gasteiger partial charge in [-0.3, -0.25) is 9.59 Å². The van der Waals surface area contributed by atoms with Crippen molar-refractivity contribution in [2.75, 3.05) is 40.1 Å². The van der Waals surface area contributed by atoms with Gasteiger partial charge in [-0.15, -0.1) is 11.8 Å². The van der Waals surface area contributed by atoms with Gasteiger partial charge in [0.15, 0.2) is 0 Å². The first-order valence-corrected chi connectivity index (χ1v) is 11.0. The van der Waals surface area contributed by atoms with Crippen LogP contribution in [0.1, 0.15) is 24.8 Å². The first-order chi connectivity index (χ1) is 14.0. The number of piperidine rings is 1. The van der Waals surface area contributed by atoms with E-state index in [1.54, 1.807) is 6.07 Å². The van der Waals surface area contributed by atoms with E-state index in [9.17, 15) is 14.0 Å². The van der Waals surface area contributed by atoms with Crippen LogP contribution in [0.25, 0.3) is 0 Å². The lowest BCUT2D eigenvalue weighted by atomic mass is 10.1. The Balaban J connectivity index is 1.49. The first kappa shape index (κ1) is 21.2. The largest absolute Gasteiger partial charge is 0.370 e. The number of amides is 2. The van der Waals surface area contributed by atoms with Crippen LogP contribution in [0, 0.1) is 12.7 Å². The minimum absolute atomic E-state index is 0.122. The number of halogens is 1. The lowest BCUT2D eigenvalue weighted by Gasteiger charge is -2.30. The molecule has 0 unspecified atom stereocenters. The van der Waals surface area contributed by atoms with E-state index in [1.165, 1.54) is 30.3 Å². The summed E-state index contributed by atoms with van der Waals surface area (Å²) in [5.74, 6) is -0.500. The Kier molecular flexibility index (Phi) is 7.52. The van der Waals surface area contributed by atoms with Gasteiger partial charge in [0.2, 0.25) is 11.8 Å². The summed E-state index contributed by atoms with van der Waals surface area (Å²) in [4.78, 5) is 26.5. The van der Waals surface area contributed by atoms with E-state index in [0.717, 1.165) is 42.9 Å². The lowest BCUT2D eigenvalue weighted by Crippen LogP contribution is -2.30. The minimum atomic E-state index is -0.383. The summed E-state index contributed by atoms with van der Waals surface area (Å²) >= 11 is 1.23. The Morgan fingerprint density at radius 2 is 1.62 bits per heavy atom. The summed E-state index contributed by atoms with van der Waals surface area (Å²) in [6, 6.07) is 12.0. The summed E-state index contributed by atoms with van der Waals surface area (Å²) in [5.41, 5.74) is 3.19. The summed E-state index contributed by atoms with van der Waals surface area (Å²) < 4.78 is 13.7. The van der Waals surface area contributed by atoms with Crippen molar-refractivity contribution in [3.05, 3.63) is 53.8 Å². The molecular formula is C22H26FN3O2S. The zero-order chi connectivity index (χ0) is 20.6. The van der Waals surface area contributed by atoms with Crippen LogP contribution in [0.2, 0.25) is 0 Å². The molecule has 1 heterocycles. The molecule has 0 atom stereocenters. The van der Waals surface area contributed by atoms with Gasteiger partial charge in [-0.25, -0.2) is 4.39 Å². The van der Waals surface area contributed by atoms with Crippen LogP contribution in [0.3, 0.4) is 0 Å². The average Bonchev–Trinajstić information content (AvgIpc) is 2.70. The third-order valence-corrected chi connectivity index (χ3v) is 5.66. The van der Waals surface area contributed by atoms with Crippen LogP contribution < -0.4 is 15.5 Å². The molecule has 1 aliphatic rings. The molecule has 1 aliphatic heterocycles. The normalized spacial score (nSPS) is 13.8. The quantitative estimate of drug-likeness (QED) is 0.702. The Morgan fingerprint density at radius 3 is 2.31 bits per heavy atom. The van der Waals surface area contributed by atoms with Crippen LogP contribution in [0.4, 0.5) is 21.5 Å². The Hall–Kier alpha value is -2.54. The Bertz CT molecular complexity index is 852. The van der Waals surface area contributed by atoms with Crippen molar-refractivity contribution in [3.63, 3.8) is 0 Å². The zero-order valence-corrected chi connectivity index (χ0v) is 17.4. The molecule has 2 N–H and O–H groups in total. The van der Waals surface area contributed by atoms with E-state index in [2.05, 4.69) is 15.5 Å². The van der Waals surface area contributed by atoms with Gasteiger partial charge in [0.05, 0.1) is 22.9 Å². The number of benzene rings is 2. The fourth-order valence-corrected chi connectivity index (χ4v) is 3.89. The van der Waals surface area contributed by atoms with Gasteiger partial charge in [-0.1, -0.05) is 17.7 Å². The molecule has 1 saturated heterocycles. The first-order valence-electron chi connectivity index (χ1n) is 9.80. The average molecular weight is 416 g/mol. The second-order valence-corrected chi connectivity index (χ2v) is 8.15. The van der Waals surface area contributed by atoms with Gasteiger partial charge in [0, 0.05) is 18.8 Å². The molecule has 0 bridgehead atoms. The highest BCUT2D eigenvalue weighted by molar-refractivity contribution is 8.00. The zero-order valence-electron chi connectivity index (χ0n) is 16.5. The van der Waals surface area contributed by atoms with Crippen molar-refractivity contribution < 1.29 is 14.0 Å². The Morgan fingerprint density at radius 1 is 0.966 bits per heavy atom. The van der Waals surface area contributed by atoms with Crippen LogP contribution in [0.15, 0.2) is 42.5 Å². The van der Waals surface area contributed by atoms with Crippen molar-refractivity contribution in [3.8, 4) is 0 Å². The van der Waals surface area contributed by atoms with Gasteiger partial charge in [0.1, 0.15) is 5.82 Å². The number of hydrogen-bond donors (Lipinski definition) is 2. The fraction of sp³-hybridized carbons (Fsp3) is 0.364. The third-order valence-electron chi connectivity index (χ3n) is 4.73. The number of anilines is 3. The summed E-state index contributed by atoms with van der Waals surface area (Å²) in [6.07, 6.45) is 3.38. The lowest BCUT2D eigenvalue weighted by molar-refractivity contribution is -0.114. The topological polar surface area (TPSA) is 61.4 Å². The number of aryl methyl sites for hydroxylation is 1. The number of rotatable bonds is 7. The molecule has 1 fully saturated rings. The molecule has 2 amide bonds. The van der Waals surface area contributed by atoms with Gasteiger partial charge < -0.3 is 15.5 Å². The predicted molar refractivity (Wildman–Crippen MR) is 118 cm³/mol. The van der Waals surface area contributed by atoms with Crippen LogP contribution >= 0.6 is 11.8 Å². The smallest absolute Gasteiger partial charge is 0.234 e. The standard InChI is InChI=1S/C22H26FN3O2S/c1-16-5-8-18(9-6-16)24-21(27)14-29-15-22(28)25-19-13-17(23)7-10-20(19)26-11-3-2-4-12-26/h5-10,13H,2-4,11-12,14-15H2,1H3,(H,24,27)(H,25,28). The molecule has 29 heavy (non-hydrogen) atoms. The SMILES string of the molecule is Cc1ccc(NC(=O)CSCC(=O)Nc2cc(F)ccc2N2CCCCC2)cc1. The highest BCUT2D eigenvalue weighted by atomic mass is 32.2. The molecule has 2 aromatic carbocycles. The summed E-state index contributed by atoms with van der Waals surface area (Å²) in [7, 11) is 0. The van der Waals surface area contributed by atoms with E-state index in [-0.39, 0.29) is 29.1 Å². The molecule has 0 aliphatic carbocycles. The molecule has 2 aromatic rings. The number of nitrogens with zero attached hydrogens (tertiary/aromatic N) is 1. The maximum Gasteiger partial charge on any atom is 0.234 e. The van der Waals surface area contributed by atoms with E-state index in [4.69, 9.17) is 0 Å². The van der Waals surface area contributed by atoms with Crippen LogP contribution in [-0.2, 0) is 9.59 Å². The molecule has 7 heteroatoms. The fourth-order valence-electron chi connectivity index (χ4n) is 3.28. The van der Waals surface area contributed by atoms with Crippen molar-refractivity contribution >= 4 is 40.6 Å². The van der Waals surface area contributed by atoms with Gasteiger partial charge in [0.25, 0.3) is 0 Å². The second kappa shape index (κ2) is 10.3. The number of carbonyl (C=O) groups excluding carboxylic acids is 2. The molecule has 5 nitrogen and oxygen atoms in total. The minimum Gasteiger partial charge on any atom is -0.370 e. The number of carbonyl (C=O) groups is 2. The third kappa shape index (κ3) is 6.49. The molecule has 0 spiro atoms. The highest BCUT2D eigenvalue weighted by Gasteiger charge is 2.17. The molecule has 0 radical (unpaired) electrons. The van der Waals surface area contributed by atoms with Gasteiger partial charge in [-0.05, 0) is 56.5 Å². The maximum absolute atomic E-state index is 13.7. The highest BCUT2D eigenvalue weighted by Crippen LogP contribution is 2.29. The molecule has 154 valence electrons. The summed E-state index contributed by atoms with van der Waals surface area (Å²) in [5, 5.41) is 5.61. The van der Waals surface area contributed by atoms with Gasteiger partial charge >= 0.3 is 0 Å². The number of thioether (sulfide) groups is 1. The van der Waals surface area contributed by atoms with Crippen molar-refractivity contribution in [2.24, 2.45) is 0 Å². The predicted octanol–water partition coefficient (Wildman–Crippen LogP) is 4.43. The van der Waals surface area contributed by atoms with E-state index in [0.29, 0.717) is 5.69 Å². The van der Waals surface area contributed by atoms with Crippen molar-refractivity contribution in [1.82, 2.24) is 0 Å². The molecule has 0 saturated carbocycles. The van der Waals surface area contributed by atoms with Crippen LogP contribution in [-0.4, -0.2) is 36.4 Å². The second-order valence-electron chi connectivity index (χ2n) is 7.16. The molecular weight excluding hydrogens is 389 g/mol. The van der Waals surface area contributed by atoms with E-state index in [1.807, 2.05) is 31.2 Å². The number of hydrogen-bond acceptors (Lipinski definition) is 4. The van der Waals surface area contributed by atoms with Gasteiger partial charge in [-0.2, -0.15) is 0 Å². The Labute approximate surface area is 175 Å². The van der Waals surface area contributed by atoms with E-state index < -0.39 is 0 Å². The summed E-state index contributed by atoms with van der Waals surface area (Å²) in [6.45, 7) is 3.79. The number of nitrogens with one attached hydrogen (secondary N) is 2. The van der Waals surface area contributed by atoms with Crippen molar-refractivity contribution in [1.29, 1.82) is 0 Å². The monoisotopic (exact) mass is 415 g/mol. The molecule has 3 rings (SSSR count). The maximum atomic E-state index is 13.7. The molecule has 0 aromatic heterocycles. The van der Waals surface area contributed by atoms with Crippen LogP contribution in [0.5, 0.6) is 0 Å².